The number of imide groups is 2. The molecule has 1 N–H and O–H groups in total. The minimum atomic E-state index is -0.797. The number of quaternary nitrogens is 1. The van der Waals surface area contributed by atoms with Gasteiger partial charge in [0, 0.05) is 12.2 Å². The Kier molecular flexibility index (Phi) is 4.80. The van der Waals surface area contributed by atoms with Crippen LogP contribution in [0.1, 0.15) is 0 Å². The van der Waals surface area contributed by atoms with Crippen LogP contribution in [0.3, 0.4) is 0 Å². The molecule has 8 heteroatoms. The second-order valence-electron chi connectivity index (χ2n) is 6.09. The Morgan fingerprint density at radius 2 is 1.64 bits per heavy atom. The van der Waals surface area contributed by atoms with Crippen LogP contribution in [-0.4, -0.2) is 67.0 Å². The first-order valence-corrected chi connectivity index (χ1v) is 8.13. The second kappa shape index (κ2) is 7.02. The Morgan fingerprint density at radius 3 is 2.24 bits per heavy atom. The normalized spacial score (nSPS) is 19.1. The van der Waals surface area contributed by atoms with Crippen LogP contribution >= 0.6 is 0 Å². The lowest BCUT2D eigenvalue weighted by atomic mass is 10.2. The first-order chi connectivity index (χ1) is 12.0. The maximum atomic E-state index is 13.0. The molecule has 0 bridgehead atoms. The fraction of sp³-hybridized carbons (Fsp3) is 0.353. The fourth-order valence-electron chi connectivity index (χ4n) is 3.09. The molecule has 0 atom stereocenters. The topological polar surface area (TPSA) is 65.4 Å². The lowest BCUT2D eigenvalue weighted by Gasteiger charge is -2.34. The number of carbonyl (C=O) groups excluding carboxylic acids is 3. The third-order valence-electron chi connectivity index (χ3n) is 4.49. The Labute approximate surface area is 144 Å². The number of nitrogens with one attached hydrogen (secondary N) is 1. The summed E-state index contributed by atoms with van der Waals surface area (Å²) in [6.07, 6.45) is 1.42. The van der Waals surface area contributed by atoms with Crippen LogP contribution in [0.5, 0.6) is 0 Å². The Morgan fingerprint density at radius 1 is 1.04 bits per heavy atom. The molecule has 0 spiro atoms. The first kappa shape index (κ1) is 17.1. The van der Waals surface area contributed by atoms with Gasteiger partial charge in [0.25, 0.3) is 0 Å². The van der Waals surface area contributed by atoms with Crippen molar-refractivity contribution in [2.24, 2.45) is 0 Å². The van der Waals surface area contributed by atoms with E-state index in [1.54, 1.807) is 12.1 Å². The second-order valence-corrected chi connectivity index (χ2v) is 6.09. The zero-order valence-corrected chi connectivity index (χ0v) is 13.8. The maximum absolute atomic E-state index is 13.0. The smallest absolute Gasteiger partial charge is 0.339 e. The van der Waals surface area contributed by atoms with Gasteiger partial charge in [0.05, 0.1) is 26.2 Å². The number of hydrogen-bond donors (Lipinski definition) is 1. The number of hydrogen-bond acceptors (Lipinski definition) is 4. The fourth-order valence-corrected chi connectivity index (χ4v) is 3.09. The van der Waals surface area contributed by atoms with E-state index in [-0.39, 0.29) is 19.0 Å². The highest BCUT2D eigenvalue weighted by atomic mass is 19.1. The van der Waals surface area contributed by atoms with E-state index in [2.05, 4.69) is 11.5 Å². The number of carbonyl (C=O) groups is 3. The molecule has 2 aliphatic heterocycles. The summed E-state index contributed by atoms with van der Waals surface area (Å²) < 4.78 is 13.0. The van der Waals surface area contributed by atoms with Gasteiger partial charge in [0.1, 0.15) is 5.82 Å². The van der Waals surface area contributed by atoms with Crippen molar-refractivity contribution >= 4 is 23.5 Å². The van der Waals surface area contributed by atoms with Gasteiger partial charge in [-0.3, -0.25) is 14.5 Å². The quantitative estimate of drug-likeness (QED) is 0.442. The van der Waals surface area contributed by atoms with E-state index < -0.39 is 17.8 Å². The number of halogens is 1. The third kappa shape index (κ3) is 3.39. The lowest BCUT2D eigenvalue weighted by molar-refractivity contribution is -0.907. The van der Waals surface area contributed by atoms with Crippen LogP contribution in [0, 0.1) is 5.82 Å². The minimum Gasteiger partial charge on any atom is -0.360 e. The third-order valence-corrected chi connectivity index (χ3v) is 4.49. The van der Waals surface area contributed by atoms with E-state index in [0.717, 1.165) is 33.5 Å². The Balaban J connectivity index is 1.58. The van der Waals surface area contributed by atoms with Gasteiger partial charge < -0.3 is 9.80 Å². The summed E-state index contributed by atoms with van der Waals surface area (Å²) in [5.41, 5.74) is 0.945. The van der Waals surface area contributed by atoms with Crippen LogP contribution < -0.4 is 9.80 Å². The Bertz CT molecular complexity index is 698. The average Bonchev–Trinajstić information content (AvgIpc) is 2.81. The molecule has 0 aliphatic carbocycles. The van der Waals surface area contributed by atoms with Crippen molar-refractivity contribution in [2.75, 3.05) is 44.3 Å². The van der Waals surface area contributed by atoms with Crippen molar-refractivity contribution in [1.82, 2.24) is 9.80 Å². The highest BCUT2D eigenvalue weighted by Crippen LogP contribution is 2.15. The molecule has 0 unspecified atom stereocenters. The molecule has 7 nitrogen and oxygen atoms in total. The maximum Gasteiger partial charge on any atom is 0.339 e. The largest absolute Gasteiger partial charge is 0.360 e. The number of anilines is 1. The van der Waals surface area contributed by atoms with Crippen LogP contribution in [0.15, 0.2) is 36.9 Å². The van der Waals surface area contributed by atoms with Gasteiger partial charge >= 0.3 is 17.8 Å². The minimum absolute atomic E-state index is 0.0353. The van der Waals surface area contributed by atoms with E-state index >= 15 is 0 Å². The highest BCUT2D eigenvalue weighted by Gasteiger charge is 2.45. The molecule has 0 saturated carbocycles. The number of amides is 4. The van der Waals surface area contributed by atoms with E-state index in [1.165, 1.54) is 18.2 Å². The van der Waals surface area contributed by atoms with Gasteiger partial charge in [-0.25, -0.2) is 14.1 Å². The van der Waals surface area contributed by atoms with Crippen LogP contribution in [0.4, 0.5) is 14.9 Å². The first-order valence-electron chi connectivity index (χ1n) is 8.13. The van der Waals surface area contributed by atoms with Crippen molar-refractivity contribution in [3.8, 4) is 0 Å². The molecule has 132 valence electrons. The van der Waals surface area contributed by atoms with Crippen molar-refractivity contribution < 1.29 is 23.7 Å². The Hall–Kier alpha value is -2.74. The number of rotatable bonds is 5. The highest BCUT2D eigenvalue weighted by molar-refractivity contribution is 6.44. The van der Waals surface area contributed by atoms with Gasteiger partial charge in [0.15, 0.2) is 6.67 Å². The lowest BCUT2D eigenvalue weighted by Crippen LogP contribution is -3.16. The van der Waals surface area contributed by atoms with E-state index in [9.17, 15) is 18.8 Å². The van der Waals surface area contributed by atoms with Gasteiger partial charge in [0.2, 0.25) is 0 Å². The summed E-state index contributed by atoms with van der Waals surface area (Å²) in [5, 5.41) is 0. The standard InChI is InChI=1S/C17H19FN4O3/c1-2-7-21-15(23)16(24)22(17(21)25)12-19-8-10-20(11-9-19)14-5-3-13(18)4-6-14/h2-6H,1,7-12H2/p+1. The molecule has 2 heterocycles. The SMILES string of the molecule is C=CCN1C(=O)C(=O)N(C[NH+]2CCN(c3ccc(F)cc3)CC2)C1=O. The van der Waals surface area contributed by atoms with Gasteiger partial charge in [-0.1, -0.05) is 6.08 Å². The summed E-state index contributed by atoms with van der Waals surface area (Å²) >= 11 is 0. The van der Waals surface area contributed by atoms with E-state index in [1.807, 2.05) is 0 Å². The molecule has 25 heavy (non-hydrogen) atoms. The summed E-state index contributed by atoms with van der Waals surface area (Å²) in [4.78, 5) is 41.2. The molecule has 2 aliphatic rings. The molecule has 0 radical (unpaired) electrons. The van der Waals surface area contributed by atoms with Gasteiger partial charge in [-0.15, -0.1) is 6.58 Å². The molecule has 2 saturated heterocycles. The predicted molar refractivity (Wildman–Crippen MR) is 88.3 cm³/mol. The van der Waals surface area contributed by atoms with Gasteiger partial charge in [-0.2, -0.15) is 0 Å². The zero-order valence-electron chi connectivity index (χ0n) is 13.8. The van der Waals surface area contributed by atoms with Gasteiger partial charge in [-0.05, 0) is 24.3 Å². The molecule has 0 aromatic heterocycles. The van der Waals surface area contributed by atoms with Crippen molar-refractivity contribution in [3.05, 3.63) is 42.7 Å². The van der Waals surface area contributed by atoms with Crippen LogP contribution in [-0.2, 0) is 9.59 Å². The summed E-state index contributed by atoms with van der Waals surface area (Å²) in [5.74, 6) is -1.85. The molecule has 4 amide bonds. The average molecular weight is 347 g/mol. The monoisotopic (exact) mass is 347 g/mol. The molecular formula is C17H20FN4O3+. The number of urea groups is 1. The van der Waals surface area contributed by atoms with E-state index in [4.69, 9.17) is 0 Å². The molecule has 3 rings (SSSR count). The molecule has 2 fully saturated rings. The van der Waals surface area contributed by atoms with Crippen LogP contribution in [0.25, 0.3) is 0 Å². The van der Waals surface area contributed by atoms with Crippen molar-refractivity contribution in [1.29, 1.82) is 0 Å². The number of piperazine rings is 1. The molecule has 1 aromatic carbocycles. The summed E-state index contributed by atoms with van der Waals surface area (Å²) in [6.45, 7) is 6.57. The van der Waals surface area contributed by atoms with Crippen molar-refractivity contribution in [3.63, 3.8) is 0 Å². The van der Waals surface area contributed by atoms with E-state index in [0.29, 0.717) is 13.1 Å². The molecular weight excluding hydrogens is 327 g/mol. The summed E-state index contributed by atoms with van der Waals surface area (Å²) in [7, 11) is 0. The number of nitrogens with zero attached hydrogens (tertiary/aromatic N) is 3. The van der Waals surface area contributed by atoms with Crippen molar-refractivity contribution in [2.45, 2.75) is 0 Å². The zero-order chi connectivity index (χ0) is 18.0. The number of benzene rings is 1. The molecule has 1 aromatic rings. The summed E-state index contributed by atoms with van der Waals surface area (Å²) in [6, 6.07) is 5.74. The van der Waals surface area contributed by atoms with Crippen LogP contribution in [0.2, 0.25) is 0 Å². The predicted octanol–water partition coefficient (Wildman–Crippen LogP) is -0.535.